The molecule has 0 spiro atoms. The van der Waals surface area contributed by atoms with E-state index in [0.717, 1.165) is 5.56 Å². The highest BCUT2D eigenvalue weighted by Crippen LogP contribution is 2.17. The van der Waals surface area contributed by atoms with Crippen molar-refractivity contribution in [2.24, 2.45) is 0 Å². The summed E-state index contributed by atoms with van der Waals surface area (Å²) >= 11 is 5.86. The van der Waals surface area contributed by atoms with Crippen LogP contribution in [0, 0.1) is 0 Å². The molecule has 0 saturated carbocycles. The Bertz CT molecular complexity index is 880. The van der Waals surface area contributed by atoms with E-state index in [-0.39, 0.29) is 17.6 Å². The summed E-state index contributed by atoms with van der Waals surface area (Å²) in [5, 5.41) is 3.58. The minimum absolute atomic E-state index is 0.147. The van der Waals surface area contributed by atoms with Crippen molar-refractivity contribution in [1.29, 1.82) is 0 Å². The van der Waals surface area contributed by atoms with Gasteiger partial charge in [0.05, 0.1) is 17.1 Å². The number of H-pyrrole nitrogens is 2. The Morgan fingerprint density at radius 1 is 1.09 bits per heavy atom. The van der Waals surface area contributed by atoms with Gasteiger partial charge in [0.15, 0.2) is 0 Å². The maximum Gasteiger partial charge on any atom is 0.323 e. The number of hydrogen-bond donors (Lipinski definition) is 3. The van der Waals surface area contributed by atoms with Crippen molar-refractivity contribution in [3.63, 3.8) is 0 Å². The molecule has 1 aromatic heterocycles. The van der Waals surface area contributed by atoms with Crippen LogP contribution in [0.1, 0.15) is 28.9 Å². The van der Waals surface area contributed by atoms with E-state index in [1.54, 1.807) is 30.3 Å². The number of aromatic amines is 2. The van der Waals surface area contributed by atoms with E-state index in [1.165, 1.54) is 0 Å². The average Bonchev–Trinajstić information content (AvgIpc) is 2.86. The molecule has 2 aromatic carbocycles. The predicted octanol–water partition coefficient (Wildman–Crippen LogP) is 3.00. The molecule has 5 nitrogen and oxygen atoms in total. The van der Waals surface area contributed by atoms with E-state index in [4.69, 9.17) is 11.6 Å². The van der Waals surface area contributed by atoms with E-state index in [9.17, 15) is 9.59 Å². The molecule has 6 heteroatoms. The van der Waals surface area contributed by atoms with Crippen molar-refractivity contribution < 1.29 is 4.79 Å². The first-order valence-electron chi connectivity index (χ1n) is 6.81. The summed E-state index contributed by atoms with van der Waals surface area (Å²) in [7, 11) is 0. The number of carbonyl (C=O) groups excluding carboxylic acids is 1. The van der Waals surface area contributed by atoms with Crippen molar-refractivity contribution in [3.05, 3.63) is 69.1 Å². The van der Waals surface area contributed by atoms with Gasteiger partial charge in [0.1, 0.15) is 0 Å². The van der Waals surface area contributed by atoms with Crippen LogP contribution >= 0.6 is 11.6 Å². The van der Waals surface area contributed by atoms with Crippen LogP contribution in [0.15, 0.2) is 47.3 Å². The quantitative estimate of drug-likeness (QED) is 0.694. The van der Waals surface area contributed by atoms with Gasteiger partial charge in [-0.25, -0.2) is 4.79 Å². The third-order valence-electron chi connectivity index (χ3n) is 3.50. The Hall–Kier alpha value is -2.53. The summed E-state index contributed by atoms with van der Waals surface area (Å²) in [6, 6.07) is 12.2. The smallest absolute Gasteiger partial charge is 0.323 e. The number of imidazole rings is 1. The van der Waals surface area contributed by atoms with E-state index >= 15 is 0 Å². The molecule has 3 N–H and O–H groups in total. The summed E-state index contributed by atoms with van der Waals surface area (Å²) in [6.07, 6.45) is 0. The van der Waals surface area contributed by atoms with Crippen LogP contribution in [0.5, 0.6) is 0 Å². The number of aromatic nitrogens is 2. The Morgan fingerprint density at radius 2 is 1.77 bits per heavy atom. The molecule has 0 aliphatic heterocycles. The van der Waals surface area contributed by atoms with Gasteiger partial charge in [-0.15, -0.1) is 0 Å². The lowest BCUT2D eigenvalue weighted by molar-refractivity contribution is 0.0940. The fourth-order valence-electron chi connectivity index (χ4n) is 2.29. The molecule has 22 heavy (non-hydrogen) atoms. The standard InChI is InChI=1S/C16H14ClN3O2/c1-9(10-2-5-12(17)6-3-10)18-15(21)11-4-7-13-14(8-11)20-16(22)19-13/h2-9H,1H3,(H,18,21)(H2,19,20,22). The fraction of sp³-hybridized carbons (Fsp3) is 0.125. The van der Waals surface area contributed by atoms with Crippen LogP contribution in [0.2, 0.25) is 5.02 Å². The molecule has 3 aromatic rings. The zero-order valence-electron chi connectivity index (χ0n) is 11.8. The largest absolute Gasteiger partial charge is 0.346 e. The maximum absolute atomic E-state index is 12.3. The summed E-state index contributed by atoms with van der Waals surface area (Å²) in [5.74, 6) is -0.202. The number of nitrogens with one attached hydrogen (secondary N) is 3. The van der Waals surface area contributed by atoms with Crippen molar-refractivity contribution in [2.75, 3.05) is 0 Å². The summed E-state index contributed by atoms with van der Waals surface area (Å²) < 4.78 is 0. The van der Waals surface area contributed by atoms with Crippen LogP contribution in [-0.4, -0.2) is 15.9 Å². The highest BCUT2D eigenvalue weighted by atomic mass is 35.5. The number of carbonyl (C=O) groups is 1. The highest BCUT2D eigenvalue weighted by Gasteiger charge is 2.12. The Balaban J connectivity index is 1.80. The molecular weight excluding hydrogens is 302 g/mol. The number of halogens is 1. The number of hydrogen-bond acceptors (Lipinski definition) is 2. The molecule has 0 fully saturated rings. The van der Waals surface area contributed by atoms with Gasteiger partial charge in [-0.1, -0.05) is 23.7 Å². The summed E-state index contributed by atoms with van der Waals surface area (Å²) in [4.78, 5) is 28.8. The molecule has 3 rings (SSSR count). The molecule has 0 saturated heterocycles. The van der Waals surface area contributed by atoms with Gasteiger partial charge in [-0.2, -0.15) is 0 Å². The molecule has 1 unspecified atom stereocenters. The lowest BCUT2D eigenvalue weighted by atomic mass is 10.1. The van der Waals surface area contributed by atoms with Crippen LogP contribution in [0.25, 0.3) is 11.0 Å². The van der Waals surface area contributed by atoms with E-state index in [1.807, 2.05) is 19.1 Å². The van der Waals surface area contributed by atoms with Gasteiger partial charge in [-0.05, 0) is 42.8 Å². The monoisotopic (exact) mass is 315 g/mol. The molecule has 1 heterocycles. The predicted molar refractivity (Wildman–Crippen MR) is 86.3 cm³/mol. The Kier molecular flexibility index (Phi) is 3.73. The molecule has 0 aliphatic rings. The van der Waals surface area contributed by atoms with E-state index in [0.29, 0.717) is 21.6 Å². The van der Waals surface area contributed by atoms with Gasteiger partial charge in [0, 0.05) is 10.6 Å². The Labute approximate surface area is 131 Å². The minimum Gasteiger partial charge on any atom is -0.346 e. The second-order valence-corrected chi connectivity index (χ2v) is 5.52. The molecular formula is C16H14ClN3O2. The molecule has 0 aliphatic carbocycles. The third-order valence-corrected chi connectivity index (χ3v) is 3.75. The summed E-state index contributed by atoms with van der Waals surface area (Å²) in [5.41, 5.74) is 2.45. The van der Waals surface area contributed by atoms with Gasteiger partial charge >= 0.3 is 5.69 Å². The van der Waals surface area contributed by atoms with Crippen molar-refractivity contribution in [3.8, 4) is 0 Å². The SMILES string of the molecule is CC(NC(=O)c1ccc2[nH]c(=O)[nH]c2c1)c1ccc(Cl)cc1. The molecule has 1 atom stereocenters. The number of fused-ring (bicyclic) bond motifs is 1. The zero-order chi connectivity index (χ0) is 15.7. The highest BCUT2D eigenvalue weighted by molar-refractivity contribution is 6.30. The zero-order valence-corrected chi connectivity index (χ0v) is 12.6. The lowest BCUT2D eigenvalue weighted by Crippen LogP contribution is -2.26. The first-order valence-corrected chi connectivity index (χ1v) is 7.19. The van der Waals surface area contributed by atoms with Gasteiger partial charge < -0.3 is 15.3 Å². The number of rotatable bonds is 3. The van der Waals surface area contributed by atoms with Crippen LogP contribution in [-0.2, 0) is 0 Å². The van der Waals surface area contributed by atoms with Crippen LogP contribution < -0.4 is 11.0 Å². The number of amides is 1. The fourth-order valence-corrected chi connectivity index (χ4v) is 2.41. The average molecular weight is 316 g/mol. The third kappa shape index (κ3) is 2.89. The van der Waals surface area contributed by atoms with Crippen molar-refractivity contribution in [1.82, 2.24) is 15.3 Å². The maximum atomic E-state index is 12.3. The van der Waals surface area contributed by atoms with Gasteiger partial charge in [0.2, 0.25) is 0 Å². The lowest BCUT2D eigenvalue weighted by Gasteiger charge is -2.14. The van der Waals surface area contributed by atoms with Gasteiger partial charge in [0.25, 0.3) is 5.91 Å². The molecule has 112 valence electrons. The Morgan fingerprint density at radius 3 is 2.50 bits per heavy atom. The summed E-state index contributed by atoms with van der Waals surface area (Å²) in [6.45, 7) is 1.90. The van der Waals surface area contributed by atoms with Crippen LogP contribution in [0.3, 0.4) is 0 Å². The second-order valence-electron chi connectivity index (χ2n) is 5.09. The second kappa shape index (κ2) is 5.69. The molecule has 0 radical (unpaired) electrons. The van der Waals surface area contributed by atoms with Crippen molar-refractivity contribution in [2.45, 2.75) is 13.0 Å². The number of benzene rings is 2. The first-order chi connectivity index (χ1) is 10.5. The van der Waals surface area contributed by atoms with Gasteiger partial charge in [-0.3, -0.25) is 4.79 Å². The normalized spacial score (nSPS) is 12.3. The molecule has 1 amide bonds. The molecule has 0 bridgehead atoms. The van der Waals surface area contributed by atoms with Crippen LogP contribution in [0.4, 0.5) is 0 Å². The van der Waals surface area contributed by atoms with Crippen molar-refractivity contribution >= 4 is 28.5 Å². The first kappa shape index (κ1) is 14.4. The topological polar surface area (TPSA) is 77.8 Å². The van der Waals surface area contributed by atoms with E-state index < -0.39 is 0 Å². The van der Waals surface area contributed by atoms with E-state index in [2.05, 4.69) is 15.3 Å². The minimum atomic E-state index is -0.290.